The molecule has 1 fully saturated rings. The molecular weight excluding hydrogens is 288 g/mol. The molecule has 0 aromatic carbocycles. The summed E-state index contributed by atoms with van der Waals surface area (Å²) in [6, 6.07) is 3.72. The van der Waals surface area contributed by atoms with Gasteiger partial charge in [-0.2, -0.15) is 0 Å². The quantitative estimate of drug-likeness (QED) is 0.872. The van der Waals surface area contributed by atoms with Crippen LogP contribution in [0.3, 0.4) is 0 Å². The maximum absolute atomic E-state index is 6.19. The second-order valence-electron chi connectivity index (χ2n) is 5.11. The van der Waals surface area contributed by atoms with E-state index in [0.29, 0.717) is 10.9 Å². The minimum absolute atomic E-state index is 0.167. The van der Waals surface area contributed by atoms with E-state index >= 15 is 0 Å². The minimum Gasteiger partial charge on any atom is -0.473 e. The molecular formula is C15H17ClN4O. The van der Waals surface area contributed by atoms with Crippen LogP contribution in [0.2, 0.25) is 5.02 Å². The molecule has 0 radical (unpaired) electrons. The SMILES string of the molecule is Cc1cncc(OC2CCN(c3ncccc3Cl)CC2)n1. The van der Waals surface area contributed by atoms with Gasteiger partial charge in [0.1, 0.15) is 11.9 Å². The summed E-state index contributed by atoms with van der Waals surface area (Å²) in [5.41, 5.74) is 0.866. The molecule has 0 N–H and O–H groups in total. The van der Waals surface area contributed by atoms with Gasteiger partial charge in [0.05, 0.1) is 16.9 Å². The lowest BCUT2D eigenvalue weighted by atomic mass is 10.1. The van der Waals surface area contributed by atoms with Gasteiger partial charge in [-0.15, -0.1) is 0 Å². The summed E-state index contributed by atoms with van der Waals surface area (Å²) in [5.74, 6) is 1.46. The highest BCUT2D eigenvalue weighted by atomic mass is 35.5. The molecule has 6 heteroatoms. The molecule has 0 bridgehead atoms. The number of hydrogen-bond donors (Lipinski definition) is 0. The number of aromatic nitrogens is 3. The monoisotopic (exact) mass is 304 g/mol. The van der Waals surface area contributed by atoms with Crippen molar-refractivity contribution in [3.8, 4) is 5.88 Å². The highest BCUT2D eigenvalue weighted by Gasteiger charge is 2.23. The van der Waals surface area contributed by atoms with E-state index < -0.39 is 0 Å². The standard InChI is InChI=1S/C15H17ClN4O/c1-11-9-17-10-14(19-11)21-12-4-7-20(8-5-12)15-13(16)3-2-6-18-15/h2-3,6,9-10,12H,4-5,7-8H2,1H3. The van der Waals surface area contributed by atoms with Gasteiger partial charge < -0.3 is 9.64 Å². The predicted octanol–water partition coefficient (Wildman–Crippen LogP) is 2.88. The Kier molecular flexibility index (Phi) is 4.20. The summed E-state index contributed by atoms with van der Waals surface area (Å²) in [6.45, 7) is 3.66. The molecule has 2 aromatic rings. The van der Waals surface area contributed by atoms with Crippen LogP contribution in [0.4, 0.5) is 5.82 Å². The smallest absolute Gasteiger partial charge is 0.232 e. The van der Waals surface area contributed by atoms with Gasteiger partial charge in [0.15, 0.2) is 0 Å². The number of piperidine rings is 1. The maximum atomic E-state index is 6.19. The van der Waals surface area contributed by atoms with Crippen LogP contribution >= 0.6 is 11.6 Å². The number of pyridine rings is 1. The molecule has 0 atom stereocenters. The third-order valence-electron chi connectivity index (χ3n) is 3.50. The van der Waals surface area contributed by atoms with Gasteiger partial charge in [-0.25, -0.2) is 9.97 Å². The van der Waals surface area contributed by atoms with Gasteiger partial charge in [-0.3, -0.25) is 4.98 Å². The summed E-state index contributed by atoms with van der Waals surface area (Å²) < 4.78 is 5.90. The van der Waals surface area contributed by atoms with E-state index in [4.69, 9.17) is 16.3 Å². The second-order valence-corrected chi connectivity index (χ2v) is 5.52. The Morgan fingerprint density at radius 2 is 2.10 bits per heavy atom. The fourth-order valence-electron chi connectivity index (χ4n) is 2.46. The molecule has 0 aliphatic carbocycles. The first-order valence-corrected chi connectivity index (χ1v) is 7.41. The lowest BCUT2D eigenvalue weighted by Gasteiger charge is -2.33. The van der Waals surface area contributed by atoms with Crippen molar-refractivity contribution in [2.45, 2.75) is 25.9 Å². The first kappa shape index (κ1) is 14.1. The molecule has 1 saturated heterocycles. The Morgan fingerprint density at radius 1 is 1.29 bits per heavy atom. The van der Waals surface area contributed by atoms with Crippen LogP contribution in [-0.4, -0.2) is 34.1 Å². The summed E-state index contributed by atoms with van der Waals surface area (Å²) in [4.78, 5) is 15.0. The van der Waals surface area contributed by atoms with Gasteiger partial charge >= 0.3 is 0 Å². The van der Waals surface area contributed by atoms with Crippen LogP contribution in [0, 0.1) is 6.92 Å². The molecule has 1 aliphatic rings. The van der Waals surface area contributed by atoms with E-state index in [2.05, 4.69) is 19.9 Å². The van der Waals surface area contributed by atoms with Crippen molar-refractivity contribution in [3.05, 3.63) is 41.4 Å². The zero-order valence-electron chi connectivity index (χ0n) is 11.9. The van der Waals surface area contributed by atoms with Crippen LogP contribution < -0.4 is 9.64 Å². The molecule has 2 aromatic heterocycles. The van der Waals surface area contributed by atoms with Crippen molar-refractivity contribution in [2.24, 2.45) is 0 Å². The average molecular weight is 305 g/mol. The van der Waals surface area contributed by atoms with Crippen LogP contribution in [0.25, 0.3) is 0 Å². The van der Waals surface area contributed by atoms with Crippen molar-refractivity contribution >= 4 is 17.4 Å². The summed E-state index contributed by atoms with van der Waals surface area (Å²) in [5, 5.41) is 0.696. The van der Waals surface area contributed by atoms with Gasteiger partial charge in [-0.05, 0) is 19.1 Å². The topological polar surface area (TPSA) is 51.1 Å². The lowest BCUT2D eigenvalue weighted by molar-refractivity contribution is 0.163. The van der Waals surface area contributed by atoms with Gasteiger partial charge in [0.2, 0.25) is 5.88 Å². The van der Waals surface area contributed by atoms with Crippen LogP contribution in [0.5, 0.6) is 5.88 Å². The van der Waals surface area contributed by atoms with E-state index in [1.165, 1.54) is 0 Å². The van der Waals surface area contributed by atoms with E-state index in [1.807, 2.05) is 19.1 Å². The highest BCUT2D eigenvalue weighted by molar-refractivity contribution is 6.32. The molecule has 110 valence electrons. The first-order valence-electron chi connectivity index (χ1n) is 7.03. The Labute approximate surface area is 129 Å². The number of hydrogen-bond acceptors (Lipinski definition) is 5. The first-order chi connectivity index (χ1) is 10.2. The Bertz CT molecular complexity index is 614. The number of nitrogens with zero attached hydrogens (tertiary/aromatic N) is 4. The lowest BCUT2D eigenvalue weighted by Crippen LogP contribution is -2.39. The Morgan fingerprint density at radius 3 is 2.81 bits per heavy atom. The largest absolute Gasteiger partial charge is 0.473 e. The molecule has 0 saturated carbocycles. The van der Waals surface area contributed by atoms with Gasteiger partial charge in [-0.1, -0.05) is 11.6 Å². The molecule has 0 unspecified atom stereocenters. The summed E-state index contributed by atoms with van der Waals surface area (Å²) >= 11 is 6.19. The van der Waals surface area contributed by atoms with Crippen LogP contribution in [-0.2, 0) is 0 Å². The van der Waals surface area contributed by atoms with Crippen molar-refractivity contribution < 1.29 is 4.74 Å². The van der Waals surface area contributed by atoms with Crippen molar-refractivity contribution in [2.75, 3.05) is 18.0 Å². The zero-order valence-corrected chi connectivity index (χ0v) is 12.6. The molecule has 3 rings (SSSR count). The number of rotatable bonds is 3. The highest BCUT2D eigenvalue weighted by Crippen LogP contribution is 2.26. The zero-order chi connectivity index (χ0) is 14.7. The third-order valence-corrected chi connectivity index (χ3v) is 3.80. The minimum atomic E-state index is 0.167. The average Bonchev–Trinajstić information content (AvgIpc) is 2.49. The number of anilines is 1. The Hall–Kier alpha value is -1.88. The van der Waals surface area contributed by atoms with Crippen molar-refractivity contribution in [3.63, 3.8) is 0 Å². The Balaban J connectivity index is 1.59. The predicted molar refractivity (Wildman–Crippen MR) is 81.9 cm³/mol. The molecule has 0 amide bonds. The number of aryl methyl sites for hydroxylation is 1. The molecule has 5 nitrogen and oxygen atoms in total. The number of halogens is 1. The van der Waals surface area contributed by atoms with E-state index in [0.717, 1.165) is 37.4 Å². The molecule has 1 aliphatic heterocycles. The third kappa shape index (κ3) is 3.42. The fraction of sp³-hybridized carbons (Fsp3) is 0.400. The van der Waals surface area contributed by atoms with Crippen molar-refractivity contribution in [1.29, 1.82) is 0 Å². The van der Waals surface area contributed by atoms with E-state index in [1.54, 1.807) is 18.6 Å². The van der Waals surface area contributed by atoms with E-state index in [-0.39, 0.29) is 6.10 Å². The van der Waals surface area contributed by atoms with Crippen LogP contribution in [0.1, 0.15) is 18.5 Å². The van der Waals surface area contributed by atoms with Crippen molar-refractivity contribution in [1.82, 2.24) is 15.0 Å². The molecule has 3 heterocycles. The normalized spacial score (nSPS) is 16.0. The van der Waals surface area contributed by atoms with Gasteiger partial charge in [0.25, 0.3) is 0 Å². The fourth-order valence-corrected chi connectivity index (χ4v) is 2.70. The molecule has 0 spiro atoms. The molecule has 21 heavy (non-hydrogen) atoms. The maximum Gasteiger partial charge on any atom is 0.232 e. The van der Waals surface area contributed by atoms with Gasteiger partial charge in [0, 0.05) is 38.3 Å². The second kappa shape index (κ2) is 6.26. The summed E-state index contributed by atoms with van der Waals surface area (Å²) in [7, 11) is 0. The van der Waals surface area contributed by atoms with Crippen LogP contribution in [0.15, 0.2) is 30.7 Å². The van der Waals surface area contributed by atoms with E-state index in [9.17, 15) is 0 Å². The summed E-state index contributed by atoms with van der Waals surface area (Å²) in [6.07, 6.45) is 7.16. The number of ether oxygens (including phenoxy) is 1.